The molecule has 0 saturated carbocycles. The molecule has 2 aromatic carbocycles. The molecule has 0 radical (unpaired) electrons. The number of aryl methyl sites for hydroxylation is 1. The molecule has 0 bridgehead atoms. The third-order valence-electron chi connectivity index (χ3n) is 7.17. The van der Waals surface area contributed by atoms with Crippen molar-refractivity contribution in [3.05, 3.63) is 76.1 Å². The smallest absolute Gasteiger partial charge is 0.293 e. The number of benzene rings is 2. The van der Waals surface area contributed by atoms with Gasteiger partial charge in [0.05, 0.1) is 16.8 Å². The van der Waals surface area contributed by atoms with Crippen molar-refractivity contribution in [1.82, 2.24) is 14.6 Å². The number of rotatable bonds is 4. The van der Waals surface area contributed by atoms with Crippen molar-refractivity contribution in [1.29, 1.82) is 0 Å². The molecule has 0 amide bonds. The van der Waals surface area contributed by atoms with Crippen molar-refractivity contribution in [2.45, 2.75) is 44.9 Å². The van der Waals surface area contributed by atoms with Crippen molar-refractivity contribution < 1.29 is 4.92 Å². The van der Waals surface area contributed by atoms with Crippen LogP contribution in [0.25, 0.3) is 28.0 Å². The maximum atomic E-state index is 12.1. The highest BCUT2D eigenvalue weighted by molar-refractivity contribution is 5.81. The molecule has 3 heterocycles. The van der Waals surface area contributed by atoms with Crippen LogP contribution in [0.1, 0.15) is 43.4 Å². The maximum absolute atomic E-state index is 12.1. The summed E-state index contributed by atoms with van der Waals surface area (Å²) in [6, 6.07) is 15.8. The zero-order valence-corrected chi connectivity index (χ0v) is 19.1. The third kappa shape index (κ3) is 3.52. The Morgan fingerprint density at radius 3 is 2.47 bits per heavy atom. The molecule has 2 aromatic heterocycles. The summed E-state index contributed by atoms with van der Waals surface area (Å²) in [6.45, 7) is 1.74. The Morgan fingerprint density at radius 2 is 1.68 bits per heavy atom. The van der Waals surface area contributed by atoms with E-state index in [2.05, 4.69) is 17.0 Å². The quantitative estimate of drug-likeness (QED) is 0.287. The highest BCUT2D eigenvalue weighted by Gasteiger charge is 2.26. The van der Waals surface area contributed by atoms with E-state index >= 15 is 0 Å². The van der Waals surface area contributed by atoms with Gasteiger partial charge < -0.3 is 4.90 Å². The number of nitro benzene ring substituents is 1. The van der Waals surface area contributed by atoms with E-state index in [0.29, 0.717) is 0 Å². The number of anilines is 1. The Bertz CT molecular complexity index is 1370. The number of piperidine rings is 1. The number of hydrogen-bond donors (Lipinski definition) is 0. The Morgan fingerprint density at radius 1 is 0.882 bits per heavy atom. The number of nitro groups is 1. The molecule has 7 nitrogen and oxygen atoms in total. The van der Waals surface area contributed by atoms with Crippen LogP contribution in [-0.2, 0) is 12.8 Å². The van der Waals surface area contributed by atoms with Crippen LogP contribution >= 0.6 is 0 Å². The first-order valence-electron chi connectivity index (χ1n) is 12.2. The highest BCUT2D eigenvalue weighted by Crippen LogP contribution is 2.38. The lowest BCUT2D eigenvalue weighted by Crippen LogP contribution is -2.29. The minimum atomic E-state index is -0.243. The predicted molar refractivity (Wildman–Crippen MR) is 133 cm³/mol. The van der Waals surface area contributed by atoms with E-state index in [1.54, 1.807) is 6.07 Å². The lowest BCUT2D eigenvalue weighted by atomic mass is 9.91. The predicted octanol–water partition coefficient (Wildman–Crippen LogP) is 5.84. The van der Waals surface area contributed by atoms with E-state index in [4.69, 9.17) is 10.1 Å². The van der Waals surface area contributed by atoms with Crippen molar-refractivity contribution >= 4 is 17.0 Å². The first-order valence-corrected chi connectivity index (χ1v) is 12.2. The molecule has 4 aromatic rings. The van der Waals surface area contributed by atoms with Gasteiger partial charge in [-0.05, 0) is 56.6 Å². The van der Waals surface area contributed by atoms with E-state index in [0.717, 1.165) is 85.3 Å². The van der Waals surface area contributed by atoms with Gasteiger partial charge in [-0.3, -0.25) is 10.1 Å². The Balaban J connectivity index is 1.54. The summed E-state index contributed by atoms with van der Waals surface area (Å²) < 4.78 is 1.98. The summed E-state index contributed by atoms with van der Waals surface area (Å²) in [6.07, 6.45) is 9.28. The molecule has 0 atom stereocenters. The van der Waals surface area contributed by atoms with E-state index < -0.39 is 0 Å². The molecule has 1 aliphatic carbocycles. The molecular formula is C27H27N5O2. The zero-order chi connectivity index (χ0) is 23.1. The lowest BCUT2D eigenvalue weighted by molar-refractivity contribution is -0.384. The van der Waals surface area contributed by atoms with Crippen molar-refractivity contribution in [2.75, 3.05) is 18.0 Å². The van der Waals surface area contributed by atoms with Crippen LogP contribution in [0.5, 0.6) is 0 Å². The highest BCUT2D eigenvalue weighted by atomic mass is 16.6. The molecule has 34 heavy (non-hydrogen) atoms. The van der Waals surface area contributed by atoms with Gasteiger partial charge in [-0.25, -0.2) is 9.50 Å². The van der Waals surface area contributed by atoms with Gasteiger partial charge in [-0.2, -0.15) is 5.10 Å². The Kier molecular flexibility index (Phi) is 5.24. The lowest BCUT2D eigenvalue weighted by Gasteiger charge is -2.28. The first kappa shape index (κ1) is 20.8. The van der Waals surface area contributed by atoms with Crippen LogP contribution in [-0.4, -0.2) is 32.6 Å². The number of hydrogen-bond acceptors (Lipinski definition) is 5. The molecule has 7 heteroatoms. The fourth-order valence-corrected chi connectivity index (χ4v) is 5.48. The van der Waals surface area contributed by atoms with Gasteiger partial charge in [0.25, 0.3) is 5.69 Å². The monoisotopic (exact) mass is 453 g/mol. The average molecular weight is 454 g/mol. The molecule has 0 N–H and O–H groups in total. The SMILES string of the molecule is O=[N+]([O-])c1cc(-c2nc3c(-c4ccccc4)cnn3c3c2CCCC3)ccc1N1CCCCC1. The topological polar surface area (TPSA) is 76.6 Å². The second kappa shape index (κ2) is 8.56. The van der Waals surface area contributed by atoms with Gasteiger partial charge in [0.1, 0.15) is 5.69 Å². The second-order valence-corrected chi connectivity index (χ2v) is 9.26. The van der Waals surface area contributed by atoms with Crippen molar-refractivity contribution in [2.24, 2.45) is 0 Å². The molecular weight excluding hydrogens is 426 g/mol. The Labute approximate surface area is 198 Å². The molecule has 1 saturated heterocycles. The molecule has 1 aliphatic heterocycles. The fourth-order valence-electron chi connectivity index (χ4n) is 5.48. The first-order chi connectivity index (χ1) is 16.7. The third-order valence-corrected chi connectivity index (χ3v) is 7.17. The number of aromatic nitrogens is 3. The molecule has 1 fully saturated rings. The van der Waals surface area contributed by atoms with Gasteiger partial charge in [-0.1, -0.05) is 36.4 Å². The van der Waals surface area contributed by atoms with Crippen molar-refractivity contribution in [3.63, 3.8) is 0 Å². The van der Waals surface area contributed by atoms with E-state index in [1.165, 1.54) is 17.7 Å². The van der Waals surface area contributed by atoms with E-state index in [9.17, 15) is 10.1 Å². The van der Waals surface area contributed by atoms with Crippen LogP contribution in [0.4, 0.5) is 11.4 Å². The van der Waals surface area contributed by atoms with Crippen LogP contribution in [0.3, 0.4) is 0 Å². The van der Waals surface area contributed by atoms with Crippen LogP contribution in [0.2, 0.25) is 0 Å². The van der Waals surface area contributed by atoms with Gasteiger partial charge in [-0.15, -0.1) is 0 Å². The summed E-state index contributed by atoms with van der Waals surface area (Å²) in [4.78, 5) is 19.1. The standard InChI is InChI=1S/C27H27N5O2/c33-32(34)25-17-20(13-14-24(25)30-15-7-2-8-16-30)26-21-11-5-6-12-23(21)31-27(29-26)22(18-28-31)19-9-3-1-4-10-19/h1,3-4,9-10,13-14,17-18H,2,5-8,11-12,15-16H2. The van der Waals surface area contributed by atoms with Gasteiger partial charge >= 0.3 is 0 Å². The largest absolute Gasteiger partial charge is 0.366 e. The minimum Gasteiger partial charge on any atom is -0.366 e. The summed E-state index contributed by atoms with van der Waals surface area (Å²) in [7, 11) is 0. The van der Waals surface area contributed by atoms with Gasteiger partial charge in [0.2, 0.25) is 0 Å². The zero-order valence-electron chi connectivity index (χ0n) is 19.1. The molecule has 0 spiro atoms. The maximum Gasteiger partial charge on any atom is 0.293 e. The van der Waals surface area contributed by atoms with Gasteiger partial charge in [0.15, 0.2) is 5.65 Å². The molecule has 6 rings (SSSR count). The summed E-state index contributed by atoms with van der Waals surface area (Å²) >= 11 is 0. The molecule has 0 unspecified atom stereocenters. The van der Waals surface area contributed by atoms with Crippen LogP contribution < -0.4 is 4.90 Å². The number of fused-ring (bicyclic) bond motifs is 3. The molecule has 2 aliphatic rings. The van der Waals surface area contributed by atoms with Crippen LogP contribution in [0, 0.1) is 10.1 Å². The normalized spacial score (nSPS) is 15.9. The second-order valence-electron chi connectivity index (χ2n) is 9.26. The number of nitrogens with zero attached hydrogens (tertiary/aromatic N) is 5. The van der Waals surface area contributed by atoms with E-state index in [1.807, 2.05) is 41.0 Å². The Hall–Kier alpha value is -3.74. The fraction of sp³-hybridized carbons (Fsp3) is 0.333. The summed E-state index contributed by atoms with van der Waals surface area (Å²) in [5, 5.41) is 16.8. The van der Waals surface area contributed by atoms with Crippen molar-refractivity contribution in [3.8, 4) is 22.4 Å². The van der Waals surface area contributed by atoms with E-state index in [-0.39, 0.29) is 10.6 Å². The average Bonchev–Trinajstić information content (AvgIpc) is 3.33. The van der Waals surface area contributed by atoms with Gasteiger partial charge in [0, 0.05) is 41.5 Å². The summed E-state index contributed by atoms with van der Waals surface area (Å²) in [5.41, 5.74) is 7.76. The minimum absolute atomic E-state index is 0.169. The molecule has 172 valence electrons. The summed E-state index contributed by atoms with van der Waals surface area (Å²) in [5.74, 6) is 0. The van der Waals surface area contributed by atoms with Crippen LogP contribution in [0.15, 0.2) is 54.7 Å².